The number of aliphatic hydroxyl groups is 1. The number of carbonyl (C=O) groups is 2. The molecule has 0 atom stereocenters. The van der Waals surface area contributed by atoms with Gasteiger partial charge in [0.1, 0.15) is 6.61 Å². The van der Waals surface area contributed by atoms with Crippen LogP contribution in [0.4, 0.5) is 0 Å². The van der Waals surface area contributed by atoms with Crippen molar-refractivity contribution in [1.29, 1.82) is 0 Å². The highest BCUT2D eigenvalue weighted by molar-refractivity contribution is 5.78. The van der Waals surface area contributed by atoms with Crippen LogP contribution < -0.4 is 0 Å². The number of amides is 1. The van der Waals surface area contributed by atoms with Crippen LogP contribution in [-0.4, -0.2) is 71.2 Å². The van der Waals surface area contributed by atoms with Crippen LogP contribution in [0.1, 0.15) is 64.7 Å². The normalized spacial score (nSPS) is 28.4. The van der Waals surface area contributed by atoms with Crippen molar-refractivity contribution in [2.24, 2.45) is 5.92 Å². The molecule has 6 nitrogen and oxygen atoms in total. The summed E-state index contributed by atoms with van der Waals surface area (Å²) >= 11 is 0. The number of hydrogen-bond donors (Lipinski definition) is 1. The van der Waals surface area contributed by atoms with Gasteiger partial charge in [0.05, 0.1) is 12.5 Å². The Balaban J connectivity index is 1.49. The summed E-state index contributed by atoms with van der Waals surface area (Å²) in [5.74, 6) is -0.0654. The summed E-state index contributed by atoms with van der Waals surface area (Å²) in [4.78, 5) is 28.7. The molecule has 0 spiro atoms. The molecule has 1 aliphatic heterocycles. The average Bonchev–Trinajstić information content (AvgIpc) is 2.63. The van der Waals surface area contributed by atoms with Crippen molar-refractivity contribution >= 4 is 11.9 Å². The lowest BCUT2D eigenvalue weighted by Crippen LogP contribution is -2.56. The SMILES string of the molecule is CCOC(=O)C1CC(N2CCC(N(C(=O)CO)C3CCCCC3)CC2)C1. The summed E-state index contributed by atoms with van der Waals surface area (Å²) in [5.41, 5.74) is 0. The van der Waals surface area contributed by atoms with Gasteiger partial charge in [-0.3, -0.25) is 9.59 Å². The highest BCUT2D eigenvalue weighted by Crippen LogP contribution is 2.35. The van der Waals surface area contributed by atoms with Gasteiger partial charge in [0.15, 0.2) is 0 Å². The zero-order chi connectivity index (χ0) is 18.5. The molecule has 0 aromatic carbocycles. The van der Waals surface area contributed by atoms with Crippen LogP contribution >= 0.6 is 0 Å². The fraction of sp³-hybridized carbons (Fsp3) is 0.900. The largest absolute Gasteiger partial charge is 0.466 e. The summed E-state index contributed by atoms with van der Waals surface area (Å²) in [7, 11) is 0. The van der Waals surface area contributed by atoms with Gasteiger partial charge >= 0.3 is 5.97 Å². The fourth-order valence-corrected chi connectivity index (χ4v) is 5.01. The molecule has 1 saturated heterocycles. The lowest BCUT2D eigenvalue weighted by atomic mass is 9.78. The Hall–Kier alpha value is -1.14. The molecule has 1 heterocycles. The van der Waals surface area contributed by atoms with Gasteiger partial charge in [0.25, 0.3) is 0 Å². The Kier molecular flexibility index (Phi) is 6.92. The number of aliphatic hydroxyl groups excluding tert-OH is 1. The summed E-state index contributed by atoms with van der Waals surface area (Å²) in [6, 6.07) is 1.06. The number of ether oxygens (including phenoxy) is 1. The van der Waals surface area contributed by atoms with Crippen LogP contribution in [0.25, 0.3) is 0 Å². The second-order valence-corrected chi connectivity index (χ2v) is 8.09. The van der Waals surface area contributed by atoms with Crippen molar-refractivity contribution in [3.8, 4) is 0 Å². The Morgan fingerprint density at radius 1 is 1.04 bits per heavy atom. The minimum atomic E-state index is -0.374. The van der Waals surface area contributed by atoms with Crippen molar-refractivity contribution in [1.82, 2.24) is 9.80 Å². The Bertz CT molecular complexity index is 478. The van der Waals surface area contributed by atoms with Gasteiger partial charge in [-0.1, -0.05) is 19.3 Å². The third kappa shape index (κ3) is 4.39. The zero-order valence-electron chi connectivity index (χ0n) is 16.1. The van der Waals surface area contributed by atoms with Gasteiger partial charge < -0.3 is 19.6 Å². The van der Waals surface area contributed by atoms with Crippen molar-refractivity contribution in [2.45, 2.75) is 82.8 Å². The number of piperidine rings is 1. The molecule has 3 rings (SSSR count). The average molecular weight is 367 g/mol. The van der Waals surface area contributed by atoms with Crippen molar-refractivity contribution < 1.29 is 19.4 Å². The smallest absolute Gasteiger partial charge is 0.309 e. The molecule has 3 aliphatic rings. The molecule has 0 aromatic rings. The van der Waals surface area contributed by atoms with Crippen molar-refractivity contribution in [3.05, 3.63) is 0 Å². The molecule has 6 heteroatoms. The van der Waals surface area contributed by atoms with Crippen LogP contribution in [0.15, 0.2) is 0 Å². The molecule has 26 heavy (non-hydrogen) atoms. The first-order valence-electron chi connectivity index (χ1n) is 10.5. The predicted octanol–water partition coefficient (Wildman–Crippen LogP) is 1.95. The quantitative estimate of drug-likeness (QED) is 0.728. The lowest BCUT2D eigenvalue weighted by molar-refractivity contribution is -0.154. The van der Waals surface area contributed by atoms with Crippen LogP contribution in [0.5, 0.6) is 0 Å². The van der Waals surface area contributed by atoms with E-state index < -0.39 is 0 Å². The molecule has 148 valence electrons. The number of likely N-dealkylation sites (tertiary alicyclic amines) is 1. The molecule has 2 saturated carbocycles. The predicted molar refractivity (Wildman–Crippen MR) is 98.5 cm³/mol. The fourth-order valence-electron chi connectivity index (χ4n) is 5.01. The molecule has 0 radical (unpaired) electrons. The molecule has 3 fully saturated rings. The summed E-state index contributed by atoms with van der Waals surface area (Å²) in [5, 5.41) is 9.43. The molecule has 1 N–H and O–H groups in total. The van der Waals surface area contributed by atoms with E-state index in [1.54, 1.807) is 0 Å². The minimum absolute atomic E-state index is 0.0457. The number of hydrogen-bond acceptors (Lipinski definition) is 5. The minimum Gasteiger partial charge on any atom is -0.466 e. The molecule has 0 aromatic heterocycles. The first kappa shape index (κ1) is 19.6. The highest BCUT2D eigenvalue weighted by Gasteiger charge is 2.41. The van der Waals surface area contributed by atoms with Crippen LogP contribution in [0.3, 0.4) is 0 Å². The molecule has 1 amide bonds. The van der Waals surface area contributed by atoms with Gasteiger partial charge in [-0.2, -0.15) is 0 Å². The Morgan fingerprint density at radius 2 is 1.65 bits per heavy atom. The van der Waals surface area contributed by atoms with E-state index in [0.29, 0.717) is 18.7 Å². The van der Waals surface area contributed by atoms with E-state index in [4.69, 9.17) is 4.74 Å². The molecule has 2 aliphatic carbocycles. The van der Waals surface area contributed by atoms with E-state index in [9.17, 15) is 14.7 Å². The summed E-state index contributed by atoms with van der Waals surface area (Å²) in [6.07, 6.45) is 9.57. The molecular weight excluding hydrogens is 332 g/mol. The molecule has 0 unspecified atom stereocenters. The number of nitrogens with zero attached hydrogens (tertiary/aromatic N) is 2. The van der Waals surface area contributed by atoms with Gasteiger partial charge in [0, 0.05) is 31.2 Å². The van der Waals surface area contributed by atoms with Gasteiger partial charge in [-0.25, -0.2) is 0 Å². The van der Waals surface area contributed by atoms with Crippen molar-refractivity contribution in [3.63, 3.8) is 0 Å². The van der Waals surface area contributed by atoms with Gasteiger partial charge in [-0.05, 0) is 45.4 Å². The van der Waals surface area contributed by atoms with Crippen LogP contribution in [-0.2, 0) is 14.3 Å². The standard InChI is InChI=1S/C20H34N2O4/c1-2-26-20(25)15-12-18(13-15)21-10-8-17(9-11-21)22(19(24)14-23)16-6-4-3-5-7-16/h15-18,23H,2-14H2,1H3. The Labute approximate surface area is 156 Å². The van der Waals surface area contributed by atoms with E-state index >= 15 is 0 Å². The second-order valence-electron chi connectivity index (χ2n) is 8.09. The summed E-state index contributed by atoms with van der Waals surface area (Å²) in [6.45, 7) is 3.89. The Morgan fingerprint density at radius 3 is 2.23 bits per heavy atom. The highest BCUT2D eigenvalue weighted by atomic mass is 16.5. The zero-order valence-corrected chi connectivity index (χ0v) is 16.1. The third-order valence-corrected chi connectivity index (χ3v) is 6.53. The van der Waals surface area contributed by atoms with E-state index in [1.165, 1.54) is 19.3 Å². The van der Waals surface area contributed by atoms with E-state index in [2.05, 4.69) is 4.90 Å². The van der Waals surface area contributed by atoms with Crippen molar-refractivity contribution in [2.75, 3.05) is 26.3 Å². The van der Waals surface area contributed by atoms with Gasteiger partial charge in [0.2, 0.25) is 5.91 Å². The topological polar surface area (TPSA) is 70.1 Å². The lowest BCUT2D eigenvalue weighted by Gasteiger charge is -2.48. The first-order valence-corrected chi connectivity index (χ1v) is 10.5. The van der Waals surface area contributed by atoms with Crippen LogP contribution in [0, 0.1) is 5.92 Å². The maximum Gasteiger partial charge on any atom is 0.309 e. The monoisotopic (exact) mass is 366 g/mol. The maximum atomic E-state index is 12.4. The first-order chi connectivity index (χ1) is 12.6. The molecule has 0 bridgehead atoms. The molecular formula is C20H34N2O4. The number of carbonyl (C=O) groups excluding carboxylic acids is 2. The van der Waals surface area contributed by atoms with E-state index in [-0.39, 0.29) is 30.4 Å². The van der Waals surface area contributed by atoms with E-state index in [0.717, 1.165) is 51.6 Å². The number of esters is 1. The summed E-state index contributed by atoms with van der Waals surface area (Å²) < 4.78 is 5.11. The van der Waals surface area contributed by atoms with Gasteiger partial charge in [-0.15, -0.1) is 0 Å². The third-order valence-electron chi connectivity index (χ3n) is 6.53. The van der Waals surface area contributed by atoms with E-state index in [1.807, 2.05) is 11.8 Å². The second kappa shape index (κ2) is 9.18. The van der Waals surface area contributed by atoms with Crippen LogP contribution in [0.2, 0.25) is 0 Å². The number of rotatable bonds is 6. The maximum absolute atomic E-state index is 12.4.